The fourth-order valence-electron chi connectivity index (χ4n) is 2.83. The van der Waals surface area contributed by atoms with Crippen LogP contribution in [0.25, 0.3) is 0 Å². The molecule has 88 valence electrons. The van der Waals surface area contributed by atoms with E-state index >= 15 is 0 Å². The molecule has 0 saturated heterocycles. The standard InChI is InChI=1S/C14H20FN/c1-2-11-6-7-14(16,9-11)10-12-4-3-5-13(15)8-12/h3-5,8,11H,2,6-7,9-10,16H2,1H3. The number of hydrogen-bond donors (Lipinski definition) is 1. The number of rotatable bonds is 3. The van der Waals surface area contributed by atoms with Gasteiger partial charge in [0.2, 0.25) is 0 Å². The molecule has 16 heavy (non-hydrogen) atoms. The molecular formula is C14H20FN. The minimum Gasteiger partial charge on any atom is -0.325 e. The molecule has 2 N–H and O–H groups in total. The van der Waals surface area contributed by atoms with E-state index in [0.29, 0.717) is 0 Å². The summed E-state index contributed by atoms with van der Waals surface area (Å²) in [4.78, 5) is 0. The summed E-state index contributed by atoms with van der Waals surface area (Å²) in [5.41, 5.74) is 7.31. The molecule has 1 aliphatic carbocycles. The fraction of sp³-hybridized carbons (Fsp3) is 0.571. The Morgan fingerprint density at radius 1 is 1.50 bits per heavy atom. The minimum absolute atomic E-state index is 0.103. The summed E-state index contributed by atoms with van der Waals surface area (Å²) in [6, 6.07) is 6.82. The lowest BCUT2D eigenvalue weighted by Crippen LogP contribution is -2.39. The fourth-order valence-corrected chi connectivity index (χ4v) is 2.83. The van der Waals surface area contributed by atoms with Gasteiger partial charge in [0.1, 0.15) is 5.82 Å². The summed E-state index contributed by atoms with van der Waals surface area (Å²) in [6.45, 7) is 2.22. The van der Waals surface area contributed by atoms with Crippen LogP contribution in [0.15, 0.2) is 24.3 Å². The van der Waals surface area contributed by atoms with Gasteiger partial charge < -0.3 is 5.73 Å². The second-order valence-electron chi connectivity index (χ2n) is 5.19. The van der Waals surface area contributed by atoms with E-state index in [1.54, 1.807) is 12.1 Å². The average Bonchev–Trinajstić information content (AvgIpc) is 2.60. The molecule has 0 heterocycles. The maximum Gasteiger partial charge on any atom is 0.123 e. The highest BCUT2D eigenvalue weighted by Crippen LogP contribution is 2.36. The SMILES string of the molecule is CCC1CCC(N)(Cc2cccc(F)c2)C1. The quantitative estimate of drug-likeness (QED) is 0.833. The molecule has 1 aliphatic rings. The molecule has 0 amide bonds. The van der Waals surface area contributed by atoms with E-state index in [-0.39, 0.29) is 11.4 Å². The Morgan fingerprint density at radius 3 is 2.94 bits per heavy atom. The van der Waals surface area contributed by atoms with Crippen LogP contribution >= 0.6 is 0 Å². The highest BCUT2D eigenvalue weighted by atomic mass is 19.1. The van der Waals surface area contributed by atoms with E-state index in [9.17, 15) is 4.39 Å². The second kappa shape index (κ2) is 4.54. The summed E-state index contributed by atoms with van der Waals surface area (Å²) in [6.07, 6.45) is 5.40. The van der Waals surface area contributed by atoms with Crippen LogP contribution in [0.1, 0.15) is 38.2 Å². The lowest BCUT2D eigenvalue weighted by Gasteiger charge is -2.24. The van der Waals surface area contributed by atoms with Crippen molar-refractivity contribution >= 4 is 0 Å². The highest BCUT2D eigenvalue weighted by molar-refractivity contribution is 5.19. The maximum absolute atomic E-state index is 13.1. The summed E-state index contributed by atoms with van der Waals surface area (Å²) in [5, 5.41) is 0. The monoisotopic (exact) mass is 221 g/mol. The first-order valence-electron chi connectivity index (χ1n) is 6.15. The Kier molecular flexibility index (Phi) is 3.29. The van der Waals surface area contributed by atoms with Crippen molar-refractivity contribution < 1.29 is 4.39 Å². The molecule has 0 radical (unpaired) electrons. The molecule has 1 saturated carbocycles. The Hall–Kier alpha value is -0.890. The van der Waals surface area contributed by atoms with Gasteiger partial charge in [-0.3, -0.25) is 0 Å². The highest BCUT2D eigenvalue weighted by Gasteiger charge is 2.34. The van der Waals surface area contributed by atoms with Crippen LogP contribution in [0.2, 0.25) is 0 Å². The van der Waals surface area contributed by atoms with Crippen molar-refractivity contribution in [3.05, 3.63) is 35.6 Å². The Bertz CT molecular complexity index is 364. The van der Waals surface area contributed by atoms with Gasteiger partial charge in [-0.05, 0) is 49.3 Å². The van der Waals surface area contributed by atoms with Crippen LogP contribution in [0.4, 0.5) is 4.39 Å². The van der Waals surface area contributed by atoms with Crippen molar-refractivity contribution in [1.82, 2.24) is 0 Å². The molecule has 0 aromatic heterocycles. The van der Waals surface area contributed by atoms with Crippen LogP contribution in [-0.4, -0.2) is 5.54 Å². The first kappa shape index (κ1) is 11.6. The zero-order valence-electron chi connectivity index (χ0n) is 9.88. The van der Waals surface area contributed by atoms with E-state index < -0.39 is 0 Å². The Morgan fingerprint density at radius 2 is 2.31 bits per heavy atom. The van der Waals surface area contributed by atoms with Crippen molar-refractivity contribution in [3.63, 3.8) is 0 Å². The lowest BCUT2D eigenvalue weighted by molar-refractivity contribution is 0.406. The third kappa shape index (κ3) is 2.62. The predicted octanol–water partition coefficient (Wildman–Crippen LogP) is 3.28. The molecule has 1 aromatic rings. The van der Waals surface area contributed by atoms with Crippen LogP contribution in [-0.2, 0) is 6.42 Å². The Balaban J connectivity index is 2.04. The molecule has 2 rings (SSSR count). The van der Waals surface area contributed by atoms with Gasteiger partial charge in [0.05, 0.1) is 0 Å². The van der Waals surface area contributed by atoms with Gasteiger partial charge in [0.15, 0.2) is 0 Å². The molecule has 0 aliphatic heterocycles. The van der Waals surface area contributed by atoms with Gasteiger partial charge in [0.25, 0.3) is 0 Å². The molecule has 0 bridgehead atoms. The normalized spacial score (nSPS) is 29.6. The summed E-state index contributed by atoms with van der Waals surface area (Å²) >= 11 is 0. The van der Waals surface area contributed by atoms with Gasteiger partial charge in [-0.15, -0.1) is 0 Å². The van der Waals surface area contributed by atoms with Crippen molar-refractivity contribution in [2.24, 2.45) is 11.7 Å². The molecule has 2 atom stereocenters. The zero-order valence-corrected chi connectivity index (χ0v) is 9.88. The molecule has 2 heteroatoms. The summed E-state index contributed by atoms with van der Waals surface area (Å²) < 4.78 is 13.1. The van der Waals surface area contributed by atoms with Gasteiger partial charge in [-0.1, -0.05) is 25.5 Å². The number of hydrogen-bond acceptors (Lipinski definition) is 1. The average molecular weight is 221 g/mol. The van der Waals surface area contributed by atoms with Crippen LogP contribution < -0.4 is 5.73 Å². The van der Waals surface area contributed by atoms with Crippen LogP contribution in [0.5, 0.6) is 0 Å². The molecule has 0 spiro atoms. The van der Waals surface area contributed by atoms with Crippen molar-refractivity contribution in [1.29, 1.82) is 0 Å². The van der Waals surface area contributed by atoms with Gasteiger partial charge in [-0.2, -0.15) is 0 Å². The first-order chi connectivity index (χ1) is 7.61. The topological polar surface area (TPSA) is 26.0 Å². The first-order valence-corrected chi connectivity index (χ1v) is 6.15. The van der Waals surface area contributed by atoms with E-state index in [1.165, 1.54) is 18.9 Å². The lowest BCUT2D eigenvalue weighted by atomic mass is 9.89. The smallest absolute Gasteiger partial charge is 0.123 e. The van der Waals surface area contributed by atoms with E-state index in [1.807, 2.05) is 6.07 Å². The molecule has 1 fully saturated rings. The largest absolute Gasteiger partial charge is 0.325 e. The van der Waals surface area contributed by atoms with Gasteiger partial charge in [-0.25, -0.2) is 4.39 Å². The van der Waals surface area contributed by atoms with Gasteiger partial charge >= 0.3 is 0 Å². The number of nitrogens with two attached hydrogens (primary N) is 1. The molecule has 1 aromatic carbocycles. The third-order valence-corrected chi connectivity index (χ3v) is 3.77. The third-order valence-electron chi connectivity index (χ3n) is 3.77. The number of halogens is 1. The molecular weight excluding hydrogens is 201 g/mol. The Labute approximate surface area is 96.9 Å². The number of benzene rings is 1. The van der Waals surface area contributed by atoms with Crippen molar-refractivity contribution in [3.8, 4) is 0 Å². The maximum atomic E-state index is 13.1. The summed E-state index contributed by atoms with van der Waals surface area (Å²) in [5.74, 6) is 0.602. The second-order valence-corrected chi connectivity index (χ2v) is 5.19. The molecule has 1 nitrogen and oxygen atoms in total. The van der Waals surface area contributed by atoms with E-state index in [4.69, 9.17) is 5.73 Å². The van der Waals surface area contributed by atoms with Crippen molar-refractivity contribution in [2.45, 2.75) is 44.6 Å². The zero-order chi connectivity index (χ0) is 11.6. The van der Waals surface area contributed by atoms with Crippen LogP contribution in [0.3, 0.4) is 0 Å². The van der Waals surface area contributed by atoms with E-state index in [2.05, 4.69) is 6.92 Å². The van der Waals surface area contributed by atoms with E-state index in [0.717, 1.165) is 30.7 Å². The predicted molar refractivity (Wildman–Crippen MR) is 64.7 cm³/mol. The van der Waals surface area contributed by atoms with Crippen molar-refractivity contribution in [2.75, 3.05) is 0 Å². The summed E-state index contributed by atoms with van der Waals surface area (Å²) in [7, 11) is 0. The molecule has 2 unspecified atom stereocenters. The minimum atomic E-state index is -0.161. The van der Waals surface area contributed by atoms with Gasteiger partial charge in [0, 0.05) is 5.54 Å². The van der Waals surface area contributed by atoms with Crippen LogP contribution in [0, 0.1) is 11.7 Å².